The van der Waals surface area contributed by atoms with Gasteiger partial charge in [-0.3, -0.25) is 4.79 Å². The van der Waals surface area contributed by atoms with Crippen molar-refractivity contribution in [2.75, 3.05) is 19.7 Å². The molecule has 3 aromatic rings. The number of alkyl halides is 3. The highest BCUT2D eigenvalue weighted by Crippen LogP contribution is 2.29. The van der Waals surface area contributed by atoms with Gasteiger partial charge in [0.2, 0.25) is 5.91 Å². The van der Waals surface area contributed by atoms with Crippen molar-refractivity contribution in [2.45, 2.75) is 32.7 Å². The third-order valence-electron chi connectivity index (χ3n) is 5.37. The third-order valence-corrected chi connectivity index (χ3v) is 5.37. The van der Waals surface area contributed by atoms with E-state index in [9.17, 15) is 22.8 Å². The number of benzene rings is 2. The Labute approximate surface area is 187 Å². The van der Waals surface area contributed by atoms with Crippen LogP contribution >= 0.6 is 0 Å². The van der Waals surface area contributed by atoms with Crippen molar-refractivity contribution < 1.29 is 32.2 Å². The van der Waals surface area contributed by atoms with Crippen LogP contribution in [0.1, 0.15) is 30.1 Å². The summed E-state index contributed by atoms with van der Waals surface area (Å²) < 4.78 is 48.4. The normalized spacial score (nSPS) is 14.2. The third kappa shape index (κ3) is 5.10. The first-order valence-corrected chi connectivity index (χ1v) is 10.6. The van der Waals surface area contributed by atoms with Gasteiger partial charge in [-0.1, -0.05) is 0 Å². The molecule has 0 spiro atoms. The lowest BCUT2D eigenvalue weighted by atomic mass is 10.2. The monoisotopic (exact) mass is 461 g/mol. The molecule has 0 atom stereocenters. The van der Waals surface area contributed by atoms with Crippen LogP contribution in [0.25, 0.3) is 22.4 Å². The second-order valence-electron chi connectivity index (χ2n) is 7.57. The Balaban J connectivity index is 1.70. The highest BCUT2D eigenvalue weighted by Gasteiger charge is 2.31. The topological polar surface area (TPSA) is 73.7 Å². The number of aromatic nitrogens is 2. The number of halogens is 3. The Morgan fingerprint density at radius 1 is 1.12 bits per heavy atom. The summed E-state index contributed by atoms with van der Waals surface area (Å²) in [5.41, 5.74) is 2.20. The largest absolute Gasteiger partial charge is 0.573 e. The Kier molecular flexibility index (Phi) is 6.26. The maximum atomic E-state index is 12.5. The molecular weight excluding hydrogens is 439 g/mol. The van der Waals surface area contributed by atoms with Crippen LogP contribution in [0.4, 0.5) is 13.2 Å². The summed E-state index contributed by atoms with van der Waals surface area (Å²) in [6.45, 7) is 3.57. The van der Waals surface area contributed by atoms with E-state index >= 15 is 0 Å². The van der Waals surface area contributed by atoms with E-state index in [1.54, 1.807) is 30.0 Å². The van der Waals surface area contributed by atoms with Crippen molar-refractivity contribution in [3.8, 4) is 17.1 Å². The molecule has 2 aromatic carbocycles. The van der Waals surface area contributed by atoms with Gasteiger partial charge in [-0.2, -0.15) is 0 Å². The number of imidazole rings is 1. The molecule has 1 aliphatic heterocycles. The quantitative estimate of drug-likeness (QED) is 0.488. The van der Waals surface area contributed by atoms with Crippen LogP contribution in [0.2, 0.25) is 0 Å². The second-order valence-corrected chi connectivity index (χ2v) is 7.57. The maximum absolute atomic E-state index is 12.5. The summed E-state index contributed by atoms with van der Waals surface area (Å²) in [5, 5.41) is 0. The summed E-state index contributed by atoms with van der Waals surface area (Å²) in [7, 11) is 0. The number of fused-ring (bicyclic) bond motifs is 1. The van der Waals surface area contributed by atoms with Gasteiger partial charge in [-0.25, -0.2) is 9.78 Å². The first kappa shape index (κ1) is 22.6. The molecule has 0 bridgehead atoms. The summed E-state index contributed by atoms with van der Waals surface area (Å²) in [6.07, 6.45) is -3.43. The summed E-state index contributed by atoms with van der Waals surface area (Å²) >= 11 is 0. The molecule has 0 aliphatic carbocycles. The summed E-state index contributed by atoms with van der Waals surface area (Å²) in [6, 6.07) is 10.4. The lowest BCUT2D eigenvalue weighted by Gasteiger charge is -2.17. The Bertz CT molecular complexity index is 1170. The molecule has 1 fully saturated rings. The predicted molar refractivity (Wildman–Crippen MR) is 114 cm³/mol. The van der Waals surface area contributed by atoms with Gasteiger partial charge >= 0.3 is 12.3 Å². The molecule has 2 heterocycles. The molecule has 1 saturated heterocycles. The van der Waals surface area contributed by atoms with Gasteiger partial charge < -0.3 is 18.9 Å². The van der Waals surface area contributed by atoms with Crippen molar-refractivity contribution in [3.63, 3.8) is 0 Å². The minimum absolute atomic E-state index is 0.0965. The van der Waals surface area contributed by atoms with E-state index in [0.717, 1.165) is 11.9 Å². The van der Waals surface area contributed by atoms with Crippen molar-refractivity contribution in [3.05, 3.63) is 48.0 Å². The van der Waals surface area contributed by atoms with E-state index in [0.29, 0.717) is 48.5 Å². The molecule has 7 nitrogen and oxygen atoms in total. The van der Waals surface area contributed by atoms with Crippen LogP contribution < -0.4 is 4.74 Å². The standard InChI is InChI=1S/C23H22F3N3O4/c1-2-32-22(31)16-7-10-19-18(14-16)27-21(29(19)13-12-28-11-3-4-20(28)30)15-5-8-17(9-6-15)33-23(24,25)26/h5-10,14H,2-4,11-13H2,1H3. The molecule has 1 aromatic heterocycles. The molecule has 0 N–H and O–H groups in total. The number of hydrogen-bond acceptors (Lipinski definition) is 5. The zero-order valence-corrected chi connectivity index (χ0v) is 17.9. The van der Waals surface area contributed by atoms with Gasteiger partial charge in [-0.15, -0.1) is 13.2 Å². The van der Waals surface area contributed by atoms with E-state index in [-0.39, 0.29) is 18.3 Å². The highest BCUT2D eigenvalue weighted by atomic mass is 19.4. The number of esters is 1. The number of amides is 1. The minimum atomic E-state index is -4.78. The van der Waals surface area contributed by atoms with Gasteiger partial charge in [0.05, 0.1) is 23.2 Å². The molecule has 4 rings (SSSR count). The van der Waals surface area contributed by atoms with E-state index in [1.165, 1.54) is 24.3 Å². The first-order valence-electron chi connectivity index (χ1n) is 10.6. The number of carbonyl (C=O) groups is 2. The van der Waals surface area contributed by atoms with Gasteiger partial charge in [0.25, 0.3) is 0 Å². The number of rotatable bonds is 7. The maximum Gasteiger partial charge on any atom is 0.573 e. The van der Waals surface area contributed by atoms with Crippen LogP contribution in [0.5, 0.6) is 5.75 Å². The highest BCUT2D eigenvalue weighted by molar-refractivity contribution is 5.94. The van der Waals surface area contributed by atoms with Crippen LogP contribution in [0, 0.1) is 0 Å². The van der Waals surface area contributed by atoms with Crippen LogP contribution in [0.3, 0.4) is 0 Å². The molecule has 174 valence electrons. The van der Waals surface area contributed by atoms with Gasteiger partial charge in [0.15, 0.2) is 0 Å². The van der Waals surface area contributed by atoms with Gasteiger partial charge in [-0.05, 0) is 55.8 Å². The van der Waals surface area contributed by atoms with Crippen molar-refractivity contribution in [1.29, 1.82) is 0 Å². The van der Waals surface area contributed by atoms with Gasteiger partial charge in [0.1, 0.15) is 11.6 Å². The zero-order chi connectivity index (χ0) is 23.6. The molecule has 0 saturated carbocycles. The summed E-state index contributed by atoms with van der Waals surface area (Å²) in [4.78, 5) is 30.6. The van der Waals surface area contributed by atoms with E-state index < -0.39 is 12.3 Å². The molecule has 1 amide bonds. The predicted octanol–water partition coefficient (Wildman–Crippen LogP) is 4.40. The zero-order valence-electron chi connectivity index (χ0n) is 17.9. The van der Waals surface area contributed by atoms with Crippen LogP contribution in [-0.4, -0.2) is 52.4 Å². The lowest BCUT2D eigenvalue weighted by Crippen LogP contribution is -2.28. The fraction of sp³-hybridized carbons (Fsp3) is 0.348. The summed E-state index contributed by atoms with van der Waals surface area (Å²) in [5.74, 6) is -0.191. The molecule has 33 heavy (non-hydrogen) atoms. The minimum Gasteiger partial charge on any atom is -0.462 e. The Morgan fingerprint density at radius 2 is 1.88 bits per heavy atom. The van der Waals surface area contributed by atoms with E-state index in [4.69, 9.17) is 4.74 Å². The van der Waals surface area contributed by atoms with Crippen LogP contribution in [-0.2, 0) is 16.1 Å². The number of likely N-dealkylation sites (tertiary alicyclic amines) is 1. The van der Waals surface area contributed by atoms with Gasteiger partial charge in [0, 0.05) is 31.6 Å². The average molecular weight is 461 g/mol. The molecule has 1 aliphatic rings. The molecule has 0 radical (unpaired) electrons. The molecule has 10 heteroatoms. The lowest BCUT2D eigenvalue weighted by molar-refractivity contribution is -0.274. The fourth-order valence-electron chi connectivity index (χ4n) is 3.88. The first-order chi connectivity index (χ1) is 15.7. The van der Waals surface area contributed by atoms with Crippen molar-refractivity contribution in [2.24, 2.45) is 0 Å². The Hall–Kier alpha value is -3.56. The SMILES string of the molecule is CCOC(=O)c1ccc2c(c1)nc(-c1ccc(OC(F)(F)F)cc1)n2CCN1CCCC1=O. The number of ether oxygens (including phenoxy) is 2. The molecular formula is C23H22F3N3O4. The Morgan fingerprint density at radius 3 is 2.52 bits per heavy atom. The number of hydrogen-bond donors (Lipinski definition) is 0. The van der Waals surface area contributed by atoms with Crippen molar-refractivity contribution >= 4 is 22.9 Å². The number of carbonyl (C=O) groups excluding carboxylic acids is 2. The fourth-order valence-corrected chi connectivity index (χ4v) is 3.88. The van der Waals surface area contributed by atoms with Crippen molar-refractivity contribution in [1.82, 2.24) is 14.5 Å². The molecule has 0 unspecified atom stereocenters. The van der Waals surface area contributed by atoms with E-state index in [2.05, 4.69) is 9.72 Å². The number of nitrogens with zero attached hydrogens (tertiary/aromatic N) is 3. The van der Waals surface area contributed by atoms with Crippen LogP contribution in [0.15, 0.2) is 42.5 Å². The van der Waals surface area contributed by atoms with E-state index in [1.807, 2.05) is 4.57 Å². The second kappa shape index (κ2) is 9.13. The average Bonchev–Trinajstić information content (AvgIpc) is 3.34. The smallest absolute Gasteiger partial charge is 0.462 e.